The Morgan fingerprint density at radius 3 is 2.85 bits per heavy atom. The summed E-state index contributed by atoms with van der Waals surface area (Å²) in [6.07, 6.45) is 8.04. The largest absolute Gasteiger partial charge is 0.445 e. The zero-order chi connectivity index (χ0) is 9.68. The van der Waals surface area contributed by atoms with Gasteiger partial charge in [0, 0.05) is 0 Å². The summed E-state index contributed by atoms with van der Waals surface area (Å²) in [7, 11) is 0. The van der Waals surface area contributed by atoms with Gasteiger partial charge >= 0.3 is 0 Å². The van der Waals surface area contributed by atoms with Crippen molar-refractivity contribution in [3.8, 4) is 0 Å². The van der Waals surface area contributed by atoms with E-state index in [1.165, 1.54) is 6.42 Å². The van der Waals surface area contributed by atoms with Crippen molar-refractivity contribution >= 4 is 6.08 Å². The Bertz CT molecular complexity index is 273. The molecule has 0 fully saturated rings. The minimum absolute atomic E-state index is 0.709. The molecule has 0 aliphatic carbocycles. The Morgan fingerprint density at radius 1 is 1.54 bits per heavy atom. The molecule has 0 aliphatic heterocycles. The summed E-state index contributed by atoms with van der Waals surface area (Å²) in [6, 6.07) is 0. The standard InChI is InChI=1S/C11H17NO/c1-9(2)6-4-5-7-11-12-10(3)8-13-11/h5,7-9H,4,6H2,1-3H3. The van der Waals surface area contributed by atoms with Crippen molar-refractivity contribution in [3.05, 3.63) is 23.9 Å². The molecule has 0 spiro atoms. The Hall–Kier alpha value is -1.05. The molecule has 2 heteroatoms. The number of nitrogens with zero attached hydrogens (tertiary/aromatic N) is 1. The Kier molecular flexibility index (Phi) is 3.74. The van der Waals surface area contributed by atoms with E-state index < -0.39 is 0 Å². The molecule has 0 saturated carbocycles. The third-order valence-corrected chi connectivity index (χ3v) is 1.81. The molecule has 1 heterocycles. The second-order valence-corrected chi connectivity index (χ2v) is 3.70. The second-order valence-electron chi connectivity index (χ2n) is 3.70. The lowest BCUT2D eigenvalue weighted by molar-refractivity contribution is 0.545. The molecule has 0 saturated heterocycles. The topological polar surface area (TPSA) is 26.0 Å². The van der Waals surface area contributed by atoms with Gasteiger partial charge in [0.2, 0.25) is 5.89 Å². The number of aromatic nitrogens is 1. The summed E-state index contributed by atoms with van der Waals surface area (Å²) < 4.78 is 5.17. The molecular formula is C11H17NO. The number of allylic oxidation sites excluding steroid dienone is 1. The van der Waals surface area contributed by atoms with E-state index in [0.717, 1.165) is 18.0 Å². The van der Waals surface area contributed by atoms with Gasteiger partial charge in [-0.2, -0.15) is 0 Å². The summed E-state index contributed by atoms with van der Waals surface area (Å²) in [4.78, 5) is 4.17. The molecule has 72 valence electrons. The highest BCUT2D eigenvalue weighted by molar-refractivity contribution is 5.37. The lowest BCUT2D eigenvalue weighted by Gasteiger charge is -1.97. The number of rotatable bonds is 4. The molecule has 0 aliphatic rings. The summed E-state index contributed by atoms with van der Waals surface area (Å²) in [5.41, 5.74) is 0.934. The van der Waals surface area contributed by atoms with Crippen molar-refractivity contribution in [3.63, 3.8) is 0 Å². The first-order chi connectivity index (χ1) is 6.18. The quantitative estimate of drug-likeness (QED) is 0.707. The fourth-order valence-electron chi connectivity index (χ4n) is 1.06. The maximum atomic E-state index is 5.17. The molecule has 0 atom stereocenters. The van der Waals surface area contributed by atoms with Gasteiger partial charge in [-0.15, -0.1) is 0 Å². The van der Waals surface area contributed by atoms with Gasteiger partial charge in [-0.25, -0.2) is 4.98 Å². The summed E-state index contributed by atoms with van der Waals surface area (Å²) in [6.45, 7) is 6.38. The average Bonchev–Trinajstić information content (AvgIpc) is 2.45. The van der Waals surface area contributed by atoms with E-state index in [1.807, 2.05) is 13.0 Å². The zero-order valence-electron chi connectivity index (χ0n) is 8.58. The molecule has 0 amide bonds. The van der Waals surface area contributed by atoms with Crippen LogP contribution in [0.2, 0.25) is 0 Å². The van der Waals surface area contributed by atoms with Gasteiger partial charge in [-0.3, -0.25) is 0 Å². The van der Waals surface area contributed by atoms with E-state index in [9.17, 15) is 0 Å². The molecule has 2 nitrogen and oxygen atoms in total. The number of oxazole rings is 1. The highest BCUT2D eigenvalue weighted by Crippen LogP contribution is 2.07. The van der Waals surface area contributed by atoms with E-state index >= 15 is 0 Å². The van der Waals surface area contributed by atoms with Crippen LogP contribution in [0.5, 0.6) is 0 Å². The third-order valence-electron chi connectivity index (χ3n) is 1.81. The monoisotopic (exact) mass is 179 g/mol. The van der Waals surface area contributed by atoms with E-state index in [2.05, 4.69) is 24.9 Å². The predicted octanol–water partition coefficient (Wildman–Crippen LogP) is 3.43. The van der Waals surface area contributed by atoms with Crippen molar-refractivity contribution in [1.29, 1.82) is 0 Å². The molecule has 13 heavy (non-hydrogen) atoms. The van der Waals surface area contributed by atoms with E-state index in [-0.39, 0.29) is 0 Å². The van der Waals surface area contributed by atoms with Crippen LogP contribution in [-0.4, -0.2) is 4.98 Å². The van der Waals surface area contributed by atoms with Crippen molar-refractivity contribution in [1.82, 2.24) is 4.98 Å². The van der Waals surface area contributed by atoms with Gasteiger partial charge in [0.25, 0.3) is 0 Å². The molecule has 0 N–H and O–H groups in total. The third kappa shape index (κ3) is 3.92. The number of hydrogen-bond donors (Lipinski definition) is 0. The van der Waals surface area contributed by atoms with Crippen LogP contribution in [0.4, 0.5) is 0 Å². The van der Waals surface area contributed by atoms with Crippen LogP contribution in [0.1, 0.15) is 38.3 Å². The molecule has 1 aromatic heterocycles. The highest BCUT2D eigenvalue weighted by Gasteiger charge is 1.94. The van der Waals surface area contributed by atoms with Crippen LogP contribution in [-0.2, 0) is 0 Å². The lowest BCUT2D eigenvalue weighted by atomic mass is 10.1. The molecule has 1 aromatic rings. The van der Waals surface area contributed by atoms with Crippen molar-refractivity contribution in [2.75, 3.05) is 0 Å². The fraction of sp³-hybridized carbons (Fsp3) is 0.545. The number of aryl methyl sites for hydroxylation is 1. The van der Waals surface area contributed by atoms with Crippen LogP contribution in [0.25, 0.3) is 6.08 Å². The first kappa shape index (κ1) is 10.0. The Balaban J connectivity index is 2.32. The van der Waals surface area contributed by atoms with Gasteiger partial charge in [0.05, 0.1) is 5.69 Å². The molecule has 0 radical (unpaired) electrons. The van der Waals surface area contributed by atoms with Crippen LogP contribution >= 0.6 is 0 Å². The highest BCUT2D eigenvalue weighted by atomic mass is 16.3. The predicted molar refractivity (Wildman–Crippen MR) is 54.3 cm³/mol. The summed E-state index contributed by atoms with van der Waals surface area (Å²) >= 11 is 0. The number of hydrogen-bond acceptors (Lipinski definition) is 2. The fourth-order valence-corrected chi connectivity index (χ4v) is 1.06. The van der Waals surface area contributed by atoms with Crippen molar-refractivity contribution < 1.29 is 4.42 Å². The SMILES string of the molecule is Cc1coc(C=CCCC(C)C)n1. The van der Waals surface area contributed by atoms with Crippen LogP contribution in [0, 0.1) is 12.8 Å². The Morgan fingerprint density at radius 2 is 2.31 bits per heavy atom. The van der Waals surface area contributed by atoms with Crippen LogP contribution in [0.15, 0.2) is 16.8 Å². The first-order valence-electron chi connectivity index (χ1n) is 4.77. The van der Waals surface area contributed by atoms with Crippen molar-refractivity contribution in [2.24, 2.45) is 5.92 Å². The van der Waals surface area contributed by atoms with Gasteiger partial charge in [0.15, 0.2) is 0 Å². The molecule has 0 aromatic carbocycles. The maximum Gasteiger partial charge on any atom is 0.218 e. The minimum atomic E-state index is 0.709. The molecule has 0 unspecified atom stereocenters. The van der Waals surface area contributed by atoms with Crippen LogP contribution in [0.3, 0.4) is 0 Å². The van der Waals surface area contributed by atoms with Gasteiger partial charge in [-0.05, 0) is 31.8 Å². The van der Waals surface area contributed by atoms with Gasteiger partial charge in [0.1, 0.15) is 6.26 Å². The maximum absolute atomic E-state index is 5.17. The minimum Gasteiger partial charge on any atom is -0.445 e. The lowest BCUT2D eigenvalue weighted by Crippen LogP contribution is -1.83. The van der Waals surface area contributed by atoms with Gasteiger partial charge in [-0.1, -0.05) is 19.9 Å². The first-order valence-corrected chi connectivity index (χ1v) is 4.77. The Labute approximate surface area is 79.7 Å². The van der Waals surface area contributed by atoms with Crippen molar-refractivity contribution in [2.45, 2.75) is 33.6 Å². The smallest absolute Gasteiger partial charge is 0.218 e. The van der Waals surface area contributed by atoms with E-state index in [1.54, 1.807) is 6.26 Å². The van der Waals surface area contributed by atoms with Gasteiger partial charge < -0.3 is 4.42 Å². The normalized spacial score (nSPS) is 11.7. The van der Waals surface area contributed by atoms with E-state index in [0.29, 0.717) is 5.89 Å². The average molecular weight is 179 g/mol. The zero-order valence-corrected chi connectivity index (χ0v) is 8.58. The second kappa shape index (κ2) is 4.85. The summed E-state index contributed by atoms with van der Waals surface area (Å²) in [5.74, 6) is 1.47. The molecule has 1 rings (SSSR count). The van der Waals surface area contributed by atoms with Crippen LogP contribution < -0.4 is 0 Å². The molecule has 0 bridgehead atoms. The molecular weight excluding hydrogens is 162 g/mol. The van der Waals surface area contributed by atoms with E-state index in [4.69, 9.17) is 4.42 Å². The summed E-state index contributed by atoms with van der Waals surface area (Å²) in [5, 5.41) is 0.